The molecule has 20 heavy (non-hydrogen) atoms. The van der Waals surface area contributed by atoms with Gasteiger partial charge in [0.15, 0.2) is 5.78 Å². The van der Waals surface area contributed by atoms with Crippen molar-refractivity contribution >= 4 is 28.1 Å². The van der Waals surface area contributed by atoms with Crippen molar-refractivity contribution in [2.45, 2.75) is 6.92 Å². The Morgan fingerprint density at radius 2 is 2.05 bits per heavy atom. The van der Waals surface area contributed by atoms with Crippen LogP contribution in [0, 0.1) is 0 Å². The molecule has 2 aromatic heterocycles. The summed E-state index contributed by atoms with van der Waals surface area (Å²) in [5.74, 6) is 0.0136. The highest BCUT2D eigenvalue weighted by Crippen LogP contribution is 2.28. The van der Waals surface area contributed by atoms with E-state index in [-0.39, 0.29) is 17.0 Å². The summed E-state index contributed by atoms with van der Waals surface area (Å²) in [6, 6.07) is 7.80. The lowest BCUT2D eigenvalue weighted by Gasteiger charge is -2.00. The molecule has 1 aromatic carbocycles. The van der Waals surface area contributed by atoms with Gasteiger partial charge in [0.05, 0.1) is 15.8 Å². The summed E-state index contributed by atoms with van der Waals surface area (Å²) in [6.07, 6.45) is 1.36. The normalized spacial score (nSPS) is 10.8. The lowest BCUT2D eigenvalue weighted by atomic mass is 10.1. The Labute approximate surface area is 117 Å². The largest absolute Gasteiger partial charge is 0.508 e. The molecule has 1 N–H and O–H groups in total. The van der Waals surface area contributed by atoms with E-state index in [1.807, 2.05) is 0 Å². The Morgan fingerprint density at radius 3 is 2.75 bits per heavy atom. The minimum absolute atomic E-state index is 0.0312. The van der Waals surface area contributed by atoms with Gasteiger partial charge in [-0.1, -0.05) is 0 Å². The van der Waals surface area contributed by atoms with Gasteiger partial charge in [-0.3, -0.25) is 9.59 Å². The first-order valence-corrected chi connectivity index (χ1v) is 6.73. The van der Waals surface area contributed by atoms with Crippen molar-refractivity contribution in [1.82, 2.24) is 0 Å². The van der Waals surface area contributed by atoms with Crippen molar-refractivity contribution < 1.29 is 14.3 Å². The number of carbonyl (C=O) groups excluding carboxylic acids is 1. The Balaban J connectivity index is 2.21. The quantitative estimate of drug-likeness (QED) is 0.733. The maximum atomic E-state index is 12.4. The van der Waals surface area contributed by atoms with Crippen LogP contribution in [0.1, 0.15) is 16.6 Å². The zero-order valence-electron chi connectivity index (χ0n) is 10.5. The third-order valence-electron chi connectivity index (χ3n) is 2.98. The molecule has 5 heteroatoms. The van der Waals surface area contributed by atoms with E-state index in [1.165, 1.54) is 42.7 Å². The highest BCUT2D eigenvalue weighted by molar-refractivity contribution is 7.17. The number of fused-ring (bicyclic) bond motifs is 1. The van der Waals surface area contributed by atoms with Crippen molar-refractivity contribution in [3.8, 4) is 16.2 Å². The maximum Gasteiger partial charge on any atom is 0.201 e. The van der Waals surface area contributed by atoms with Crippen LogP contribution in [0.25, 0.3) is 21.4 Å². The summed E-state index contributed by atoms with van der Waals surface area (Å²) in [4.78, 5) is 25.0. The molecular weight excluding hydrogens is 276 g/mol. The predicted molar refractivity (Wildman–Crippen MR) is 77.5 cm³/mol. The Hall–Kier alpha value is -2.40. The molecule has 0 aliphatic heterocycles. The number of carbonyl (C=O) groups is 1. The van der Waals surface area contributed by atoms with Crippen LogP contribution in [0.5, 0.6) is 5.75 Å². The number of hydrogen-bond acceptors (Lipinski definition) is 5. The second-order valence-corrected chi connectivity index (χ2v) is 5.46. The molecular formula is C15H10O4S. The van der Waals surface area contributed by atoms with Crippen LogP contribution in [-0.4, -0.2) is 10.9 Å². The number of phenolic OH excluding ortho intramolecular Hbond substituents is 1. The molecule has 4 nitrogen and oxygen atoms in total. The molecule has 100 valence electrons. The number of phenols is 1. The van der Waals surface area contributed by atoms with Crippen LogP contribution in [-0.2, 0) is 0 Å². The summed E-state index contributed by atoms with van der Waals surface area (Å²) in [6.45, 7) is 1.49. The fourth-order valence-corrected chi connectivity index (χ4v) is 2.86. The second kappa shape index (κ2) is 4.61. The smallest absolute Gasteiger partial charge is 0.201 e. The van der Waals surface area contributed by atoms with Crippen LogP contribution in [0.15, 0.2) is 45.8 Å². The first-order chi connectivity index (χ1) is 9.56. The summed E-state index contributed by atoms with van der Waals surface area (Å²) in [5.41, 5.74) is 0.575. The van der Waals surface area contributed by atoms with Gasteiger partial charge in [-0.2, -0.15) is 0 Å². The topological polar surface area (TPSA) is 67.5 Å². The molecule has 0 saturated carbocycles. The summed E-state index contributed by atoms with van der Waals surface area (Å²) in [5, 5.41) is 9.78. The number of benzene rings is 1. The molecule has 0 bridgehead atoms. The number of ketones is 1. The van der Waals surface area contributed by atoms with E-state index in [0.29, 0.717) is 26.3 Å². The first-order valence-electron chi connectivity index (χ1n) is 5.92. The van der Waals surface area contributed by atoms with Crippen LogP contribution in [0.4, 0.5) is 0 Å². The van der Waals surface area contributed by atoms with E-state index in [9.17, 15) is 14.7 Å². The molecule has 0 fully saturated rings. The number of aromatic hydroxyl groups is 1. The van der Waals surface area contributed by atoms with Crippen molar-refractivity contribution in [1.29, 1.82) is 0 Å². The van der Waals surface area contributed by atoms with Gasteiger partial charge in [-0.05, 0) is 31.2 Å². The Bertz CT molecular complexity index is 873. The average Bonchev–Trinajstić information content (AvgIpc) is 2.88. The van der Waals surface area contributed by atoms with Gasteiger partial charge in [0.2, 0.25) is 5.43 Å². The van der Waals surface area contributed by atoms with Crippen LogP contribution < -0.4 is 5.43 Å². The number of hydrogen-bond donors (Lipinski definition) is 1. The van der Waals surface area contributed by atoms with Gasteiger partial charge >= 0.3 is 0 Å². The van der Waals surface area contributed by atoms with Crippen LogP contribution >= 0.6 is 11.3 Å². The zero-order chi connectivity index (χ0) is 14.3. The minimum atomic E-state index is -0.178. The molecule has 3 aromatic rings. The SMILES string of the molecule is CC(=O)c1ccc(-c2coc3cc(O)ccc3c2=O)s1. The Morgan fingerprint density at radius 1 is 1.25 bits per heavy atom. The molecule has 3 rings (SSSR count). The Kier molecular flexibility index (Phi) is 2.91. The van der Waals surface area contributed by atoms with Gasteiger partial charge in [0, 0.05) is 10.9 Å². The summed E-state index contributed by atoms with van der Waals surface area (Å²) >= 11 is 1.26. The lowest BCUT2D eigenvalue weighted by Crippen LogP contribution is -2.03. The van der Waals surface area contributed by atoms with Gasteiger partial charge in [0.25, 0.3) is 0 Å². The van der Waals surface area contributed by atoms with E-state index in [4.69, 9.17) is 4.42 Å². The fourth-order valence-electron chi connectivity index (χ4n) is 1.96. The van der Waals surface area contributed by atoms with Crippen molar-refractivity contribution in [2.75, 3.05) is 0 Å². The molecule has 0 unspecified atom stereocenters. The van der Waals surface area contributed by atoms with E-state index in [0.717, 1.165) is 0 Å². The highest BCUT2D eigenvalue weighted by Gasteiger charge is 2.12. The molecule has 0 amide bonds. The number of Topliss-reactive ketones (excluding diaryl/α,β-unsaturated/α-hetero) is 1. The van der Waals surface area contributed by atoms with Crippen molar-refractivity contribution in [3.63, 3.8) is 0 Å². The molecule has 0 aliphatic carbocycles. The van der Waals surface area contributed by atoms with Gasteiger partial charge in [0.1, 0.15) is 17.6 Å². The van der Waals surface area contributed by atoms with E-state index >= 15 is 0 Å². The van der Waals surface area contributed by atoms with E-state index in [1.54, 1.807) is 12.1 Å². The summed E-state index contributed by atoms with van der Waals surface area (Å²) < 4.78 is 5.39. The fraction of sp³-hybridized carbons (Fsp3) is 0.0667. The molecule has 0 radical (unpaired) electrons. The van der Waals surface area contributed by atoms with Gasteiger partial charge in [-0.25, -0.2) is 0 Å². The predicted octanol–water partition coefficient (Wildman–Crippen LogP) is 3.43. The van der Waals surface area contributed by atoms with Crippen LogP contribution in [0.2, 0.25) is 0 Å². The first kappa shape index (κ1) is 12.6. The maximum absolute atomic E-state index is 12.4. The van der Waals surface area contributed by atoms with Crippen molar-refractivity contribution in [3.05, 3.63) is 51.7 Å². The third kappa shape index (κ3) is 2.02. The van der Waals surface area contributed by atoms with Crippen LogP contribution in [0.3, 0.4) is 0 Å². The monoisotopic (exact) mass is 286 g/mol. The lowest BCUT2D eigenvalue weighted by molar-refractivity contribution is 0.102. The molecule has 2 heterocycles. The molecule has 0 saturated heterocycles. The standard InChI is InChI=1S/C15H10O4S/c1-8(16)13-4-5-14(20-13)11-7-19-12-6-9(17)2-3-10(12)15(11)18/h2-7,17H,1H3. The molecule has 0 spiro atoms. The van der Waals surface area contributed by atoms with E-state index in [2.05, 4.69) is 0 Å². The second-order valence-electron chi connectivity index (χ2n) is 4.38. The molecule has 0 atom stereocenters. The van der Waals surface area contributed by atoms with Gasteiger partial charge in [-0.15, -0.1) is 11.3 Å². The third-order valence-corrected chi connectivity index (χ3v) is 4.20. The highest BCUT2D eigenvalue weighted by atomic mass is 32.1. The van der Waals surface area contributed by atoms with Gasteiger partial charge < -0.3 is 9.52 Å². The number of thiophene rings is 1. The van der Waals surface area contributed by atoms with E-state index < -0.39 is 0 Å². The zero-order valence-corrected chi connectivity index (χ0v) is 11.4. The summed E-state index contributed by atoms with van der Waals surface area (Å²) in [7, 11) is 0. The van der Waals surface area contributed by atoms with Crippen molar-refractivity contribution in [2.24, 2.45) is 0 Å². The average molecular weight is 286 g/mol. The molecule has 0 aliphatic rings. The number of rotatable bonds is 2. The minimum Gasteiger partial charge on any atom is -0.508 e.